The van der Waals surface area contributed by atoms with Gasteiger partial charge in [-0.3, -0.25) is 14.5 Å². The van der Waals surface area contributed by atoms with Crippen molar-refractivity contribution in [3.63, 3.8) is 0 Å². The molecule has 2 aliphatic rings. The zero-order valence-electron chi connectivity index (χ0n) is 15.0. The Hall–Kier alpha value is -2.05. The fourth-order valence-corrected chi connectivity index (χ4v) is 4.79. The summed E-state index contributed by atoms with van der Waals surface area (Å²) in [6.45, 7) is 5.91. The number of thiazole rings is 1. The maximum absolute atomic E-state index is 12.7. The number of benzene rings is 1. The number of rotatable bonds is 3. The van der Waals surface area contributed by atoms with E-state index in [9.17, 15) is 9.59 Å². The summed E-state index contributed by atoms with van der Waals surface area (Å²) < 4.78 is 0. The third-order valence-corrected chi connectivity index (χ3v) is 6.33. The Labute approximate surface area is 157 Å². The lowest BCUT2D eigenvalue weighted by atomic mass is 10.0. The Morgan fingerprint density at radius 3 is 2.65 bits per heavy atom. The Morgan fingerprint density at radius 2 is 1.92 bits per heavy atom. The van der Waals surface area contributed by atoms with E-state index in [1.807, 2.05) is 36.1 Å². The molecule has 0 atom stereocenters. The van der Waals surface area contributed by atoms with Gasteiger partial charge in [0.05, 0.1) is 17.1 Å². The summed E-state index contributed by atoms with van der Waals surface area (Å²) in [4.78, 5) is 34.5. The first-order chi connectivity index (χ1) is 12.6. The summed E-state index contributed by atoms with van der Waals surface area (Å²) in [6.07, 6.45) is 2.51. The maximum Gasteiger partial charge on any atom is 0.254 e. The van der Waals surface area contributed by atoms with Gasteiger partial charge in [0.2, 0.25) is 0 Å². The quantitative estimate of drug-likeness (QED) is 0.835. The van der Waals surface area contributed by atoms with Gasteiger partial charge in [-0.2, -0.15) is 0 Å². The SMILES string of the molecule is Cc1ccccc1C(=O)N1CCN(Cc2nc3c(s2)C(=O)CCC3)CC1. The second-order valence-corrected chi connectivity index (χ2v) is 8.13. The molecule has 1 fully saturated rings. The second kappa shape index (κ2) is 7.29. The summed E-state index contributed by atoms with van der Waals surface area (Å²) >= 11 is 1.56. The first-order valence-electron chi connectivity index (χ1n) is 9.21. The van der Waals surface area contributed by atoms with E-state index < -0.39 is 0 Å². The minimum atomic E-state index is 0.123. The number of hydrogen-bond donors (Lipinski definition) is 0. The molecule has 4 rings (SSSR count). The predicted molar refractivity (Wildman–Crippen MR) is 102 cm³/mol. The van der Waals surface area contributed by atoms with E-state index in [-0.39, 0.29) is 11.7 Å². The normalized spacial score (nSPS) is 18.0. The Kier molecular flexibility index (Phi) is 4.87. The highest BCUT2D eigenvalue weighted by atomic mass is 32.1. The van der Waals surface area contributed by atoms with Crippen LogP contribution in [0.15, 0.2) is 24.3 Å². The van der Waals surface area contributed by atoms with Crippen LogP contribution in [0.1, 0.15) is 49.1 Å². The van der Waals surface area contributed by atoms with Gasteiger partial charge >= 0.3 is 0 Å². The van der Waals surface area contributed by atoms with Crippen molar-refractivity contribution >= 4 is 23.0 Å². The zero-order valence-corrected chi connectivity index (χ0v) is 15.8. The van der Waals surface area contributed by atoms with Crippen molar-refractivity contribution < 1.29 is 9.59 Å². The van der Waals surface area contributed by atoms with Gasteiger partial charge in [-0.05, 0) is 31.4 Å². The highest BCUT2D eigenvalue weighted by molar-refractivity contribution is 7.13. The average molecular weight is 369 g/mol. The molecule has 26 heavy (non-hydrogen) atoms. The molecule has 6 heteroatoms. The molecule has 1 aromatic carbocycles. The molecule has 1 saturated heterocycles. The number of amides is 1. The van der Waals surface area contributed by atoms with Crippen molar-refractivity contribution in [1.29, 1.82) is 0 Å². The van der Waals surface area contributed by atoms with E-state index >= 15 is 0 Å². The maximum atomic E-state index is 12.7. The third-order valence-electron chi connectivity index (χ3n) is 5.21. The van der Waals surface area contributed by atoms with Crippen LogP contribution >= 0.6 is 11.3 Å². The molecular formula is C20H23N3O2S. The number of aryl methyl sites for hydroxylation is 2. The molecule has 1 amide bonds. The Morgan fingerprint density at radius 1 is 1.15 bits per heavy atom. The number of fused-ring (bicyclic) bond motifs is 1. The molecule has 1 aromatic heterocycles. The smallest absolute Gasteiger partial charge is 0.254 e. The van der Waals surface area contributed by atoms with E-state index in [1.54, 1.807) is 11.3 Å². The summed E-state index contributed by atoms with van der Waals surface area (Å²) in [5, 5.41) is 1.03. The second-order valence-electron chi connectivity index (χ2n) is 7.04. The number of piperazine rings is 1. The molecule has 0 unspecified atom stereocenters. The zero-order chi connectivity index (χ0) is 18.1. The molecule has 0 N–H and O–H groups in total. The molecular weight excluding hydrogens is 346 g/mol. The van der Waals surface area contributed by atoms with Crippen molar-refractivity contribution in [3.05, 3.63) is 51.0 Å². The van der Waals surface area contributed by atoms with Crippen molar-refractivity contribution in [2.24, 2.45) is 0 Å². The molecule has 0 spiro atoms. The number of carbonyl (C=O) groups is 2. The Balaban J connectivity index is 1.36. The van der Waals surface area contributed by atoms with Gasteiger partial charge in [0.1, 0.15) is 5.01 Å². The monoisotopic (exact) mass is 369 g/mol. The lowest BCUT2D eigenvalue weighted by Crippen LogP contribution is -2.48. The lowest BCUT2D eigenvalue weighted by molar-refractivity contribution is 0.0627. The topological polar surface area (TPSA) is 53.5 Å². The van der Waals surface area contributed by atoms with E-state index in [0.717, 1.165) is 72.3 Å². The summed E-state index contributed by atoms with van der Waals surface area (Å²) in [7, 11) is 0. The van der Waals surface area contributed by atoms with E-state index in [4.69, 9.17) is 0 Å². The van der Waals surface area contributed by atoms with Crippen molar-refractivity contribution in [2.75, 3.05) is 26.2 Å². The fourth-order valence-electron chi connectivity index (χ4n) is 3.67. The minimum absolute atomic E-state index is 0.123. The van der Waals surface area contributed by atoms with Gasteiger partial charge < -0.3 is 4.90 Å². The highest BCUT2D eigenvalue weighted by Crippen LogP contribution is 2.27. The minimum Gasteiger partial charge on any atom is -0.336 e. The molecule has 136 valence electrons. The van der Waals surface area contributed by atoms with Gasteiger partial charge in [-0.15, -0.1) is 11.3 Å². The predicted octanol–water partition coefficient (Wildman–Crippen LogP) is 2.93. The van der Waals surface area contributed by atoms with Gasteiger partial charge in [0, 0.05) is 38.2 Å². The van der Waals surface area contributed by atoms with E-state index in [2.05, 4.69) is 9.88 Å². The lowest BCUT2D eigenvalue weighted by Gasteiger charge is -2.34. The van der Waals surface area contributed by atoms with Crippen molar-refractivity contribution in [3.8, 4) is 0 Å². The molecule has 1 aliphatic heterocycles. The van der Waals surface area contributed by atoms with Crippen LogP contribution in [0.3, 0.4) is 0 Å². The summed E-state index contributed by atoms with van der Waals surface area (Å²) in [5.41, 5.74) is 2.82. The molecule has 5 nitrogen and oxygen atoms in total. The van der Waals surface area contributed by atoms with Crippen LogP contribution in [-0.2, 0) is 13.0 Å². The molecule has 2 aromatic rings. The van der Waals surface area contributed by atoms with E-state index in [0.29, 0.717) is 6.42 Å². The molecule has 0 radical (unpaired) electrons. The number of nitrogens with zero attached hydrogens (tertiary/aromatic N) is 3. The van der Waals surface area contributed by atoms with Gasteiger partial charge in [0.25, 0.3) is 5.91 Å². The largest absolute Gasteiger partial charge is 0.336 e. The first-order valence-corrected chi connectivity index (χ1v) is 10.0. The number of carbonyl (C=O) groups excluding carboxylic acids is 2. The van der Waals surface area contributed by atoms with Gasteiger partial charge in [-0.1, -0.05) is 18.2 Å². The molecule has 0 saturated carbocycles. The average Bonchev–Trinajstić information content (AvgIpc) is 3.06. The Bertz CT molecular complexity index is 837. The van der Waals surface area contributed by atoms with Crippen LogP contribution in [0.4, 0.5) is 0 Å². The highest BCUT2D eigenvalue weighted by Gasteiger charge is 2.26. The van der Waals surface area contributed by atoms with Crippen LogP contribution in [0.25, 0.3) is 0 Å². The number of ketones is 1. The fraction of sp³-hybridized carbons (Fsp3) is 0.450. The van der Waals surface area contributed by atoms with Crippen molar-refractivity contribution in [2.45, 2.75) is 32.7 Å². The third kappa shape index (κ3) is 3.44. The van der Waals surface area contributed by atoms with Crippen molar-refractivity contribution in [1.82, 2.24) is 14.8 Å². The first kappa shape index (κ1) is 17.4. The molecule has 2 heterocycles. The summed E-state index contributed by atoms with van der Waals surface area (Å²) in [6, 6.07) is 7.76. The van der Waals surface area contributed by atoms with E-state index in [1.165, 1.54) is 0 Å². The van der Waals surface area contributed by atoms with Crippen LogP contribution < -0.4 is 0 Å². The van der Waals surface area contributed by atoms with Crippen LogP contribution in [0.2, 0.25) is 0 Å². The molecule has 1 aliphatic carbocycles. The summed E-state index contributed by atoms with van der Waals surface area (Å²) in [5.74, 6) is 0.377. The van der Waals surface area contributed by atoms with Crippen LogP contribution in [0, 0.1) is 6.92 Å². The van der Waals surface area contributed by atoms with Crippen LogP contribution in [0.5, 0.6) is 0 Å². The van der Waals surface area contributed by atoms with Gasteiger partial charge in [0.15, 0.2) is 5.78 Å². The standard InChI is InChI=1S/C20H23N3O2S/c1-14-5-2-3-6-15(14)20(25)23-11-9-22(10-12-23)13-18-21-16-7-4-8-17(24)19(16)26-18/h2-3,5-6H,4,7-13H2,1H3. The number of Topliss-reactive ketones (excluding diaryl/α,β-unsaturated/α-hetero) is 1. The number of hydrogen-bond acceptors (Lipinski definition) is 5. The number of aromatic nitrogens is 1. The van der Waals surface area contributed by atoms with Gasteiger partial charge in [-0.25, -0.2) is 4.98 Å². The molecule has 0 bridgehead atoms. The van der Waals surface area contributed by atoms with Crippen LogP contribution in [-0.4, -0.2) is 52.7 Å².